The predicted octanol–water partition coefficient (Wildman–Crippen LogP) is 3.12. The minimum absolute atomic E-state index is 0.0381. The van der Waals surface area contributed by atoms with Crippen LogP contribution in [-0.4, -0.2) is 27.7 Å². The molecule has 0 unspecified atom stereocenters. The second-order valence-electron chi connectivity index (χ2n) is 4.12. The van der Waals surface area contributed by atoms with Crippen LogP contribution in [0.1, 0.15) is 16.1 Å². The van der Waals surface area contributed by atoms with E-state index >= 15 is 0 Å². The van der Waals surface area contributed by atoms with Gasteiger partial charge in [0, 0.05) is 24.6 Å². The number of rotatable bonds is 5. The number of hydrogen-bond donors (Lipinski definition) is 0. The van der Waals surface area contributed by atoms with Gasteiger partial charge < -0.3 is 4.90 Å². The third-order valence-corrected chi connectivity index (χ3v) is 3.10. The first-order chi connectivity index (χ1) is 9.31. The van der Waals surface area contributed by atoms with Crippen LogP contribution in [0.3, 0.4) is 0 Å². The van der Waals surface area contributed by atoms with E-state index in [4.69, 9.17) is 0 Å². The summed E-state index contributed by atoms with van der Waals surface area (Å²) in [6, 6.07) is 15.4. The van der Waals surface area contributed by atoms with Crippen LogP contribution in [0.5, 0.6) is 0 Å². The normalized spacial score (nSPS) is 10.2. The van der Waals surface area contributed by atoms with Gasteiger partial charge in [0.1, 0.15) is 5.69 Å². The molecule has 4 heteroatoms. The molecule has 0 saturated carbocycles. The summed E-state index contributed by atoms with van der Waals surface area (Å²) in [5, 5.41) is 0.748. The van der Waals surface area contributed by atoms with Gasteiger partial charge in [0.15, 0.2) is 0 Å². The molecule has 1 aromatic heterocycles. The van der Waals surface area contributed by atoms with Gasteiger partial charge >= 0.3 is 0 Å². The molecule has 0 atom stereocenters. The largest absolute Gasteiger partial charge is 0.332 e. The average molecular weight is 319 g/mol. The maximum atomic E-state index is 12.4. The lowest BCUT2D eigenvalue weighted by Gasteiger charge is -2.21. The Balaban J connectivity index is 2.14. The number of hydrogen-bond acceptors (Lipinski definition) is 2. The second-order valence-corrected chi connectivity index (χ2v) is 4.91. The van der Waals surface area contributed by atoms with Crippen LogP contribution in [0.2, 0.25) is 0 Å². The zero-order valence-electron chi connectivity index (χ0n) is 10.5. The van der Waals surface area contributed by atoms with Gasteiger partial charge in [-0.15, -0.1) is 0 Å². The molecule has 19 heavy (non-hydrogen) atoms. The van der Waals surface area contributed by atoms with Gasteiger partial charge in [0.25, 0.3) is 5.91 Å². The van der Waals surface area contributed by atoms with Crippen LogP contribution in [0.25, 0.3) is 0 Å². The van der Waals surface area contributed by atoms with Crippen molar-refractivity contribution in [3.8, 4) is 0 Å². The molecule has 1 aromatic carbocycles. The van der Waals surface area contributed by atoms with Gasteiger partial charge in [-0.3, -0.25) is 9.78 Å². The lowest BCUT2D eigenvalue weighted by atomic mass is 10.2. The molecule has 98 valence electrons. The molecule has 3 nitrogen and oxygen atoms in total. The van der Waals surface area contributed by atoms with E-state index in [0.717, 1.165) is 10.9 Å². The van der Waals surface area contributed by atoms with E-state index in [0.29, 0.717) is 18.8 Å². The number of alkyl halides is 1. The van der Waals surface area contributed by atoms with Crippen LogP contribution in [-0.2, 0) is 6.54 Å². The van der Waals surface area contributed by atoms with Gasteiger partial charge in [0.2, 0.25) is 0 Å². The predicted molar refractivity (Wildman–Crippen MR) is 79.2 cm³/mol. The SMILES string of the molecule is O=C(c1ccccn1)N(CCBr)Cc1ccccc1. The zero-order valence-corrected chi connectivity index (χ0v) is 12.1. The highest BCUT2D eigenvalue weighted by Gasteiger charge is 2.16. The monoisotopic (exact) mass is 318 g/mol. The van der Waals surface area contributed by atoms with Crippen molar-refractivity contribution in [3.05, 3.63) is 66.0 Å². The Labute approximate surface area is 121 Å². The first kappa shape index (κ1) is 13.7. The highest BCUT2D eigenvalue weighted by Crippen LogP contribution is 2.09. The molecule has 2 aromatic rings. The lowest BCUT2D eigenvalue weighted by molar-refractivity contribution is 0.0749. The van der Waals surface area contributed by atoms with E-state index in [2.05, 4.69) is 20.9 Å². The molecule has 1 heterocycles. The fraction of sp³-hybridized carbons (Fsp3) is 0.200. The average Bonchev–Trinajstić information content (AvgIpc) is 2.48. The molecule has 0 aliphatic carbocycles. The maximum absolute atomic E-state index is 12.4. The van der Waals surface area contributed by atoms with Crippen LogP contribution < -0.4 is 0 Å². The van der Waals surface area contributed by atoms with Crippen LogP contribution in [0.15, 0.2) is 54.7 Å². The Morgan fingerprint density at radius 1 is 1.11 bits per heavy atom. The summed E-state index contributed by atoms with van der Waals surface area (Å²) in [5.41, 5.74) is 1.60. The fourth-order valence-electron chi connectivity index (χ4n) is 1.81. The summed E-state index contributed by atoms with van der Waals surface area (Å²) >= 11 is 3.39. The van der Waals surface area contributed by atoms with Crippen molar-refractivity contribution in [2.45, 2.75) is 6.54 Å². The van der Waals surface area contributed by atoms with Crippen LogP contribution >= 0.6 is 15.9 Å². The minimum Gasteiger partial charge on any atom is -0.332 e. The molecule has 0 saturated heterocycles. The lowest BCUT2D eigenvalue weighted by Crippen LogP contribution is -2.32. The molecule has 0 bridgehead atoms. The summed E-state index contributed by atoms with van der Waals surface area (Å²) in [6.45, 7) is 1.26. The Kier molecular flexibility index (Phi) is 5.10. The smallest absolute Gasteiger partial charge is 0.272 e. The van der Waals surface area contributed by atoms with Gasteiger partial charge in [-0.25, -0.2) is 0 Å². The first-order valence-electron chi connectivity index (χ1n) is 6.11. The van der Waals surface area contributed by atoms with Crippen LogP contribution in [0.4, 0.5) is 0 Å². The number of amides is 1. The van der Waals surface area contributed by atoms with Gasteiger partial charge in [0.05, 0.1) is 0 Å². The van der Waals surface area contributed by atoms with Crippen molar-refractivity contribution >= 4 is 21.8 Å². The number of halogens is 1. The Morgan fingerprint density at radius 3 is 2.47 bits per heavy atom. The number of pyridine rings is 1. The van der Waals surface area contributed by atoms with E-state index in [9.17, 15) is 4.79 Å². The third-order valence-electron chi connectivity index (χ3n) is 2.74. The standard InChI is InChI=1S/C15H15BrN2O/c16-9-11-18(12-13-6-2-1-3-7-13)15(19)14-8-4-5-10-17-14/h1-8,10H,9,11-12H2. The third kappa shape index (κ3) is 3.89. The summed E-state index contributed by atoms with van der Waals surface area (Å²) in [7, 11) is 0. The number of nitrogens with zero attached hydrogens (tertiary/aromatic N) is 2. The highest BCUT2D eigenvalue weighted by atomic mass is 79.9. The molecular formula is C15H15BrN2O. The molecular weight excluding hydrogens is 304 g/mol. The van der Waals surface area contributed by atoms with E-state index < -0.39 is 0 Å². The molecule has 2 rings (SSSR count). The summed E-state index contributed by atoms with van der Waals surface area (Å²) in [5.74, 6) is -0.0381. The molecule has 0 aliphatic rings. The summed E-state index contributed by atoms with van der Waals surface area (Å²) in [4.78, 5) is 18.3. The quantitative estimate of drug-likeness (QED) is 0.794. The fourth-order valence-corrected chi connectivity index (χ4v) is 2.24. The zero-order chi connectivity index (χ0) is 13.5. The van der Waals surface area contributed by atoms with E-state index in [1.807, 2.05) is 42.5 Å². The second kappa shape index (κ2) is 7.04. The topological polar surface area (TPSA) is 33.2 Å². The van der Waals surface area contributed by atoms with Crippen molar-refractivity contribution in [2.24, 2.45) is 0 Å². The number of benzene rings is 1. The van der Waals surface area contributed by atoms with Gasteiger partial charge in [-0.1, -0.05) is 52.3 Å². The summed E-state index contributed by atoms with van der Waals surface area (Å²) in [6.07, 6.45) is 1.64. The molecule has 0 radical (unpaired) electrons. The Morgan fingerprint density at radius 2 is 1.84 bits per heavy atom. The number of carbonyl (C=O) groups is 1. The maximum Gasteiger partial charge on any atom is 0.272 e. The van der Waals surface area contributed by atoms with E-state index in [-0.39, 0.29) is 5.91 Å². The van der Waals surface area contributed by atoms with Gasteiger partial charge in [-0.05, 0) is 17.7 Å². The summed E-state index contributed by atoms with van der Waals surface area (Å²) < 4.78 is 0. The molecule has 0 spiro atoms. The number of carbonyl (C=O) groups excluding carboxylic acids is 1. The van der Waals surface area contributed by atoms with Crippen molar-refractivity contribution in [1.82, 2.24) is 9.88 Å². The molecule has 0 aliphatic heterocycles. The van der Waals surface area contributed by atoms with Crippen molar-refractivity contribution < 1.29 is 4.79 Å². The van der Waals surface area contributed by atoms with Crippen molar-refractivity contribution in [1.29, 1.82) is 0 Å². The molecule has 0 fully saturated rings. The minimum atomic E-state index is -0.0381. The molecule has 0 N–H and O–H groups in total. The first-order valence-corrected chi connectivity index (χ1v) is 7.23. The van der Waals surface area contributed by atoms with E-state index in [1.165, 1.54) is 0 Å². The van der Waals surface area contributed by atoms with Crippen molar-refractivity contribution in [2.75, 3.05) is 11.9 Å². The number of aromatic nitrogens is 1. The Bertz CT molecular complexity index is 516. The van der Waals surface area contributed by atoms with E-state index in [1.54, 1.807) is 17.2 Å². The van der Waals surface area contributed by atoms with Crippen LogP contribution in [0, 0.1) is 0 Å². The Hall–Kier alpha value is -1.68. The highest BCUT2D eigenvalue weighted by molar-refractivity contribution is 9.09. The molecule has 1 amide bonds. The van der Waals surface area contributed by atoms with Gasteiger partial charge in [-0.2, -0.15) is 0 Å². The van der Waals surface area contributed by atoms with Crippen molar-refractivity contribution in [3.63, 3.8) is 0 Å².